The lowest BCUT2D eigenvalue weighted by molar-refractivity contribution is 0.0910. The predicted octanol–water partition coefficient (Wildman–Crippen LogP) is 7.18. The number of carboxylic acid groups (broad SMARTS) is 2. The van der Waals surface area contributed by atoms with Crippen molar-refractivity contribution in [3.05, 3.63) is 95.0 Å². The normalized spacial score (nSPS) is 14.3. The van der Waals surface area contributed by atoms with Gasteiger partial charge in [-0.1, -0.05) is 92.2 Å². The van der Waals surface area contributed by atoms with Crippen LogP contribution < -0.4 is 5.32 Å². The summed E-state index contributed by atoms with van der Waals surface area (Å²) in [5.41, 5.74) is 4.19. The van der Waals surface area contributed by atoms with Crippen LogP contribution in [0, 0.1) is 0 Å². The van der Waals surface area contributed by atoms with Gasteiger partial charge in [0.25, 0.3) is 5.91 Å². The molecule has 0 unspecified atom stereocenters. The van der Waals surface area contributed by atoms with Gasteiger partial charge in [-0.05, 0) is 66.5 Å². The molecule has 0 aromatic heterocycles. The zero-order valence-corrected chi connectivity index (χ0v) is 22.8. The Balaban J connectivity index is 0.000000934. The zero-order chi connectivity index (χ0) is 27.5. The van der Waals surface area contributed by atoms with Gasteiger partial charge in [0.05, 0.1) is 0 Å². The quantitative estimate of drug-likeness (QED) is 0.283. The Morgan fingerprint density at radius 2 is 1.53 bits per heavy atom. The Morgan fingerprint density at radius 3 is 2.13 bits per heavy atom. The summed E-state index contributed by atoms with van der Waals surface area (Å²) in [6.45, 7) is 7.84. The van der Waals surface area contributed by atoms with Gasteiger partial charge < -0.3 is 20.4 Å². The molecule has 1 saturated heterocycles. The molecule has 202 valence electrons. The average Bonchev–Trinajstić information content (AvgIpc) is 2.90. The van der Waals surface area contributed by atoms with Gasteiger partial charge in [-0.3, -0.25) is 4.79 Å². The number of carbonyl (C=O) groups excluding carboxylic acids is 1. The second-order valence-corrected chi connectivity index (χ2v) is 10.7. The Morgan fingerprint density at radius 1 is 0.947 bits per heavy atom. The SMILES string of the molecule is CC(C)(CCCN1CCC(NC(=O)c2cc(Cl)ccc2-c2ccccc2)CC1)c1ccccc1.O=C(O)O. The van der Waals surface area contributed by atoms with Crippen molar-refractivity contribution in [3.63, 3.8) is 0 Å². The van der Waals surface area contributed by atoms with Crippen molar-refractivity contribution in [2.45, 2.75) is 51.0 Å². The lowest BCUT2D eigenvalue weighted by atomic mass is 9.80. The molecule has 0 aliphatic carbocycles. The molecule has 0 saturated carbocycles. The fourth-order valence-electron chi connectivity index (χ4n) is 4.92. The van der Waals surface area contributed by atoms with Crippen LogP contribution in [0.4, 0.5) is 4.79 Å². The zero-order valence-electron chi connectivity index (χ0n) is 22.1. The summed E-state index contributed by atoms with van der Waals surface area (Å²) >= 11 is 6.24. The number of halogens is 1. The molecule has 1 aliphatic rings. The van der Waals surface area contributed by atoms with Crippen molar-refractivity contribution in [1.82, 2.24) is 10.2 Å². The molecule has 1 heterocycles. The molecule has 0 radical (unpaired) electrons. The summed E-state index contributed by atoms with van der Waals surface area (Å²) in [6.07, 6.45) is 2.48. The first-order valence-corrected chi connectivity index (χ1v) is 13.4. The lowest BCUT2D eigenvalue weighted by Gasteiger charge is -2.33. The molecule has 0 atom stereocenters. The van der Waals surface area contributed by atoms with Crippen molar-refractivity contribution in [1.29, 1.82) is 0 Å². The number of nitrogens with one attached hydrogen (secondary N) is 1. The summed E-state index contributed by atoms with van der Waals surface area (Å²) in [4.78, 5) is 24.3. The molecular formula is C31H37ClN2O4. The van der Waals surface area contributed by atoms with Crippen LogP contribution in [0.1, 0.15) is 55.5 Å². The molecule has 3 N–H and O–H groups in total. The molecular weight excluding hydrogens is 500 g/mol. The highest BCUT2D eigenvalue weighted by molar-refractivity contribution is 6.31. The van der Waals surface area contributed by atoms with E-state index in [-0.39, 0.29) is 17.4 Å². The Labute approximate surface area is 230 Å². The fraction of sp³-hybridized carbons (Fsp3) is 0.355. The van der Waals surface area contributed by atoms with E-state index in [4.69, 9.17) is 26.6 Å². The maximum Gasteiger partial charge on any atom is 0.503 e. The van der Waals surface area contributed by atoms with Gasteiger partial charge in [-0.25, -0.2) is 4.79 Å². The molecule has 1 amide bonds. The van der Waals surface area contributed by atoms with E-state index < -0.39 is 6.16 Å². The number of carbonyl (C=O) groups is 2. The molecule has 3 aromatic rings. The molecule has 4 rings (SSSR count). The number of likely N-dealkylation sites (tertiary alicyclic amines) is 1. The second-order valence-electron chi connectivity index (χ2n) is 10.3. The Bertz CT molecular complexity index is 1170. The van der Waals surface area contributed by atoms with Crippen LogP contribution in [-0.4, -0.2) is 52.9 Å². The van der Waals surface area contributed by atoms with E-state index in [9.17, 15) is 4.79 Å². The van der Waals surface area contributed by atoms with Gasteiger partial charge in [0.15, 0.2) is 0 Å². The molecule has 6 nitrogen and oxygen atoms in total. The fourth-order valence-corrected chi connectivity index (χ4v) is 5.09. The molecule has 1 fully saturated rings. The van der Waals surface area contributed by atoms with Gasteiger partial charge in [0.2, 0.25) is 0 Å². The van der Waals surface area contributed by atoms with E-state index >= 15 is 0 Å². The van der Waals surface area contributed by atoms with E-state index in [1.54, 1.807) is 6.07 Å². The Kier molecular flexibility index (Phi) is 10.7. The smallest absolute Gasteiger partial charge is 0.450 e. The maximum atomic E-state index is 13.2. The third-order valence-electron chi connectivity index (χ3n) is 7.07. The van der Waals surface area contributed by atoms with E-state index in [1.165, 1.54) is 18.4 Å². The number of rotatable bonds is 8. The summed E-state index contributed by atoms with van der Waals surface area (Å²) in [7, 11) is 0. The molecule has 0 spiro atoms. The van der Waals surface area contributed by atoms with Gasteiger partial charge in [0, 0.05) is 29.7 Å². The van der Waals surface area contributed by atoms with Crippen LogP contribution >= 0.6 is 11.6 Å². The molecule has 38 heavy (non-hydrogen) atoms. The van der Waals surface area contributed by atoms with Crippen molar-refractivity contribution < 1.29 is 19.8 Å². The molecule has 7 heteroatoms. The van der Waals surface area contributed by atoms with Crippen LogP contribution in [0.25, 0.3) is 11.1 Å². The summed E-state index contributed by atoms with van der Waals surface area (Å²) in [5, 5.41) is 17.8. The third kappa shape index (κ3) is 8.89. The monoisotopic (exact) mass is 536 g/mol. The minimum absolute atomic E-state index is 0.0376. The largest absolute Gasteiger partial charge is 0.503 e. The molecule has 0 bridgehead atoms. The van der Waals surface area contributed by atoms with Crippen molar-refractivity contribution in [2.75, 3.05) is 19.6 Å². The van der Waals surface area contributed by atoms with Crippen molar-refractivity contribution in [2.24, 2.45) is 0 Å². The molecule has 3 aromatic carbocycles. The minimum atomic E-state index is -1.83. The van der Waals surface area contributed by atoms with Crippen LogP contribution in [0.5, 0.6) is 0 Å². The summed E-state index contributed by atoms with van der Waals surface area (Å²) in [6, 6.07) is 26.6. The first-order valence-electron chi connectivity index (χ1n) is 13.0. The van der Waals surface area contributed by atoms with E-state index in [2.05, 4.69) is 54.4 Å². The highest BCUT2D eigenvalue weighted by Gasteiger charge is 2.24. The second kappa shape index (κ2) is 14.0. The summed E-state index contributed by atoms with van der Waals surface area (Å²) in [5.74, 6) is -0.0376. The van der Waals surface area contributed by atoms with Crippen LogP contribution in [0.3, 0.4) is 0 Å². The first kappa shape index (κ1) is 29.2. The van der Waals surface area contributed by atoms with Gasteiger partial charge in [-0.2, -0.15) is 0 Å². The first-order chi connectivity index (χ1) is 18.2. The van der Waals surface area contributed by atoms with Crippen LogP contribution in [-0.2, 0) is 5.41 Å². The highest BCUT2D eigenvalue weighted by atomic mass is 35.5. The number of piperidine rings is 1. The van der Waals surface area contributed by atoms with Crippen molar-refractivity contribution in [3.8, 4) is 11.1 Å². The van der Waals surface area contributed by atoms with Crippen LogP contribution in [0.2, 0.25) is 5.02 Å². The van der Waals surface area contributed by atoms with Gasteiger partial charge in [0.1, 0.15) is 0 Å². The number of amides is 1. The predicted molar refractivity (Wildman–Crippen MR) is 153 cm³/mol. The number of hydrogen-bond acceptors (Lipinski definition) is 3. The number of hydrogen-bond donors (Lipinski definition) is 3. The topological polar surface area (TPSA) is 89.9 Å². The number of benzene rings is 3. The average molecular weight is 537 g/mol. The minimum Gasteiger partial charge on any atom is -0.450 e. The van der Waals surface area contributed by atoms with E-state index in [0.717, 1.165) is 43.6 Å². The van der Waals surface area contributed by atoms with Crippen LogP contribution in [0.15, 0.2) is 78.9 Å². The lowest BCUT2D eigenvalue weighted by Crippen LogP contribution is -2.45. The highest BCUT2D eigenvalue weighted by Crippen LogP contribution is 2.29. The summed E-state index contributed by atoms with van der Waals surface area (Å²) < 4.78 is 0. The van der Waals surface area contributed by atoms with E-state index in [1.807, 2.05) is 42.5 Å². The van der Waals surface area contributed by atoms with Crippen molar-refractivity contribution >= 4 is 23.7 Å². The standard InChI is InChI=1S/C30H35ClN2O.CH2O3/c1-30(2,24-12-7-4-8-13-24)18-9-19-33-20-16-26(17-21-33)32-29(34)28-22-25(31)14-15-27(28)23-10-5-3-6-11-23;2-1(3)4/h3-8,10-15,22,26H,9,16-21H2,1-2H3,(H,32,34);(H2,2,3,4). The maximum absolute atomic E-state index is 13.2. The molecule has 1 aliphatic heterocycles. The third-order valence-corrected chi connectivity index (χ3v) is 7.30. The van der Waals surface area contributed by atoms with E-state index in [0.29, 0.717) is 10.6 Å². The number of nitrogens with zero attached hydrogens (tertiary/aromatic N) is 1. The van der Waals surface area contributed by atoms with Gasteiger partial charge in [-0.15, -0.1) is 0 Å². The Hall–Kier alpha value is -3.35. The van der Waals surface area contributed by atoms with Gasteiger partial charge >= 0.3 is 6.16 Å².